The van der Waals surface area contributed by atoms with Gasteiger partial charge >= 0.3 is 0 Å². The van der Waals surface area contributed by atoms with Crippen LogP contribution in [-0.2, 0) is 11.8 Å². The molecule has 2 aromatic rings. The first-order valence-electron chi connectivity index (χ1n) is 7.04. The molecule has 2 aromatic heterocycles. The number of nitriles is 1. The summed E-state index contributed by atoms with van der Waals surface area (Å²) in [7, 11) is 1.79. The molecule has 120 valence electrons. The van der Waals surface area contributed by atoms with E-state index in [1.54, 1.807) is 51.0 Å². The van der Waals surface area contributed by atoms with Gasteiger partial charge in [-0.1, -0.05) is 0 Å². The highest BCUT2D eigenvalue weighted by molar-refractivity contribution is 7.17. The van der Waals surface area contributed by atoms with Gasteiger partial charge in [0.15, 0.2) is 5.92 Å². The SMILES string of the molecule is Cc1nc(-c2cnn(C)c2)sc1C(=O)[C@@H](C#N)C(=O)NC(C)C. The summed E-state index contributed by atoms with van der Waals surface area (Å²) in [6.45, 7) is 5.24. The lowest BCUT2D eigenvalue weighted by Gasteiger charge is -2.11. The monoisotopic (exact) mass is 331 g/mol. The van der Waals surface area contributed by atoms with Crippen LogP contribution in [0.4, 0.5) is 0 Å². The normalized spacial score (nSPS) is 12.0. The van der Waals surface area contributed by atoms with Gasteiger partial charge < -0.3 is 5.32 Å². The van der Waals surface area contributed by atoms with Gasteiger partial charge in [-0.15, -0.1) is 11.3 Å². The smallest absolute Gasteiger partial charge is 0.245 e. The minimum atomic E-state index is -1.36. The van der Waals surface area contributed by atoms with Crippen molar-refractivity contribution in [1.82, 2.24) is 20.1 Å². The van der Waals surface area contributed by atoms with Crippen molar-refractivity contribution in [3.8, 4) is 16.6 Å². The topological polar surface area (TPSA) is 101 Å². The Kier molecular flexibility index (Phi) is 4.91. The summed E-state index contributed by atoms with van der Waals surface area (Å²) in [5, 5.41) is 16.5. The maximum atomic E-state index is 12.5. The van der Waals surface area contributed by atoms with Crippen molar-refractivity contribution in [2.24, 2.45) is 13.0 Å². The van der Waals surface area contributed by atoms with E-state index in [0.29, 0.717) is 15.6 Å². The molecule has 0 unspecified atom stereocenters. The van der Waals surface area contributed by atoms with E-state index in [1.807, 2.05) is 0 Å². The standard InChI is InChI=1S/C15H17N5O2S/c1-8(2)18-14(22)11(5-16)12(21)13-9(3)19-15(23-13)10-6-17-20(4)7-10/h6-8,11H,1-4H3,(H,18,22)/t11-/m1/s1. The molecule has 0 aliphatic carbocycles. The van der Waals surface area contributed by atoms with Gasteiger partial charge in [-0.25, -0.2) is 4.98 Å². The number of nitrogens with one attached hydrogen (secondary N) is 1. The van der Waals surface area contributed by atoms with Crippen molar-refractivity contribution in [3.05, 3.63) is 23.0 Å². The third-order valence-electron chi connectivity index (χ3n) is 3.06. The minimum Gasteiger partial charge on any atom is -0.352 e. The second-order valence-corrected chi connectivity index (χ2v) is 6.42. The lowest BCUT2D eigenvalue weighted by atomic mass is 10.0. The molecule has 0 spiro atoms. The maximum absolute atomic E-state index is 12.5. The van der Waals surface area contributed by atoms with Gasteiger partial charge in [0.1, 0.15) is 5.01 Å². The molecular formula is C15H17N5O2S. The Morgan fingerprint density at radius 3 is 2.65 bits per heavy atom. The Morgan fingerprint density at radius 2 is 2.13 bits per heavy atom. The van der Waals surface area contributed by atoms with E-state index in [1.165, 1.54) is 11.3 Å². The van der Waals surface area contributed by atoms with Crippen LogP contribution in [0.2, 0.25) is 0 Å². The fraction of sp³-hybridized carbons (Fsp3) is 0.400. The largest absolute Gasteiger partial charge is 0.352 e. The Morgan fingerprint density at radius 1 is 1.43 bits per heavy atom. The van der Waals surface area contributed by atoms with Crippen LogP contribution >= 0.6 is 11.3 Å². The molecule has 2 rings (SSSR count). The zero-order chi connectivity index (χ0) is 17.1. The van der Waals surface area contributed by atoms with Gasteiger partial charge in [0.2, 0.25) is 11.7 Å². The molecule has 2 heterocycles. The van der Waals surface area contributed by atoms with Gasteiger partial charge in [-0.2, -0.15) is 10.4 Å². The first-order valence-corrected chi connectivity index (χ1v) is 7.85. The molecule has 0 saturated heterocycles. The first kappa shape index (κ1) is 16.8. The van der Waals surface area contributed by atoms with Crippen LogP contribution in [0, 0.1) is 24.2 Å². The van der Waals surface area contributed by atoms with Crippen LogP contribution < -0.4 is 5.32 Å². The number of aromatic nitrogens is 3. The molecule has 0 aliphatic heterocycles. The molecule has 23 heavy (non-hydrogen) atoms. The number of Topliss-reactive ketones (excluding diaryl/α,β-unsaturated/α-hetero) is 1. The Bertz CT molecular complexity index is 784. The highest BCUT2D eigenvalue weighted by atomic mass is 32.1. The number of rotatable bonds is 5. The molecule has 0 aromatic carbocycles. The fourth-order valence-electron chi connectivity index (χ4n) is 2.02. The number of carbonyl (C=O) groups is 2. The molecule has 0 radical (unpaired) electrons. The van der Waals surface area contributed by atoms with Gasteiger partial charge in [-0.3, -0.25) is 14.3 Å². The second kappa shape index (κ2) is 6.71. The minimum absolute atomic E-state index is 0.139. The summed E-state index contributed by atoms with van der Waals surface area (Å²) in [4.78, 5) is 29.2. The van der Waals surface area contributed by atoms with Crippen molar-refractivity contribution in [2.45, 2.75) is 26.8 Å². The van der Waals surface area contributed by atoms with Crippen LogP contribution in [0.1, 0.15) is 29.2 Å². The average molecular weight is 331 g/mol. The average Bonchev–Trinajstić information content (AvgIpc) is 3.04. The van der Waals surface area contributed by atoms with E-state index >= 15 is 0 Å². The summed E-state index contributed by atoms with van der Waals surface area (Å²) < 4.78 is 1.64. The van der Waals surface area contributed by atoms with Crippen LogP contribution in [0.5, 0.6) is 0 Å². The molecule has 1 N–H and O–H groups in total. The van der Waals surface area contributed by atoms with E-state index < -0.39 is 17.6 Å². The molecular weight excluding hydrogens is 314 g/mol. The Hall–Kier alpha value is -2.53. The van der Waals surface area contributed by atoms with Crippen LogP contribution in [0.25, 0.3) is 10.6 Å². The molecule has 0 saturated carbocycles. The van der Waals surface area contributed by atoms with Crippen molar-refractivity contribution in [2.75, 3.05) is 0 Å². The number of carbonyl (C=O) groups excluding carboxylic acids is 2. The second-order valence-electron chi connectivity index (χ2n) is 5.43. The van der Waals surface area contributed by atoms with Crippen molar-refractivity contribution in [1.29, 1.82) is 5.26 Å². The third kappa shape index (κ3) is 3.63. The van der Waals surface area contributed by atoms with E-state index in [-0.39, 0.29) is 6.04 Å². The van der Waals surface area contributed by atoms with Gasteiger partial charge in [-0.05, 0) is 20.8 Å². The first-order chi connectivity index (χ1) is 10.8. The molecule has 8 heteroatoms. The zero-order valence-corrected chi connectivity index (χ0v) is 14.1. The van der Waals surface area contributed by atoms with Crippen LogP contribution in [-0.4, -0.2) is 32.5 Å². The maximum Gasteiger partial charge on any atom is 0.245 e. The summed E-state index contributed by atoms with van der Waals surface area (Å²) in [5.74, 6) is -2.46. The lowest BCUT2D eigenvalue weighted by Crippen LogP contribution is -2.38. The molecule has 7 nitrogen and oxygen atoms in total. The summed E-state index contributed by atoms with van der Waals surface area (Å²) >= 11 is 1.17. The van der Waals surface area contributed by atoms with Crippen LogP contribution in [0.3, 0.4) is 0 Å². The predicted molar refractivity (Wildman–Crippen MR) is 85.8 cm³/mol. The molecule has 0 bridgehead atoms. The number of hydrogen-bond acceptors (Lipinski definition) is 6. The van der Waals surface area contributed by atoms with E-state index in [2.05, 4.69) is 15.4 Å². The Balaban J connectivity index is 2.30. The van der Waals surface area contributed by atoms with E-state index in [4.69, 9.17) is 0 Å². The number of thiazole rings is 1. The number of amides is 1. The van der Waals surface area contributed by atoms with Crippen molar-refractivity contribution >= 4 is 23.0 Å². The van der Waals surface area contributed by atoms with Gasteiger partial charge in [0.25, 0.3) is 0 Å². The molecule has 1 amide bonds. The number of hydrogen-bond donors (Lipinski definition) is 1. The quantitative estimate of drug-likeness (QED) is 0.664. The number of aryl methyl sites for hydroxylation is 2. The number of nitrogens with zero attached hydrogens (tertiary/aromatic N) is 4. The molecule has 0 aliphatic rings. The summed E-state index contributed by atoms with van der Waals surface area (Å²) in [6.07, 6.45) is 3.44. The highest BCUT2D eigenvalue weighted by Gasteiger charge is 2.31. The zero-order valence-electron chi connectivity index (χ0n) is 13.3. The lowest BCUT2D eigenvalue weighted by molar-refractivity contribution is -0.122. The third-order valence-corrected chi connectivity index (χ3v) is 4.28. The highest BCUT2D eigenvalue weighted by Crippen LogP contribution is 2.29. The molecule has 1 atom stereocenters. The van der Waals surface area contributed by atoms with E-state index in [0.717, 1.165) is 5.56 Å². The van der Waals surface area contributed by atoms with E-state index in [9.17, 15) is 14.9 Å². The van der Waals surface area contributed by atoms with Gasteiger partial charge in [0.05, 0.1) is 22.8 Å². The summed E-state index contributed by atoms with van der Waals surface area (Å²) in [5.41, 5.74) is 1.30. The van der Waals surface area contributed by atoms with Crippen molar-refractivity contribution in [3.63, 3.8) is 0 Å². The predicted octanol–water partition coefficient (Wildman–Crippen LogP) is 1.70. The summed E-state index contributed by atoms with van der Waals surface area (Å²) in [6, 6.07) is 1.65. The Labute approximate surface area is 138 Å². The number of ketones is 1. The fourth-order valence-corrected chi connectivity index (χ4v) is 3.03. The van der Waals surface area contributed by atoms with Crippen molar-refractivity contribution < 1.29 is 9.59 Å². The molecule has 0 fully saturated rings. The van der Waals surface area contributed by atoms with Gasteiger partial charge in [0, 0.05) is 24.8 Å². The van der Waals surface area contributed by atoms with Crippen LogP contribution in [0.15, 0.2) is 12.4 Å².